The van der Waals surface area contributed by atoms with Gasteiger partial charge in [0.2, 0.25) is 0 Å². The Hall–Kier alpha value is -2.16. The molecule has 0 radical (unpaired) electrons. The first kappa shape index (κ1) is 14.3. The molecule has 0 amide bonds. The number of aromatic nitrogens is 4. The summed E-state index contributed by atoms with van der Waals surface area (Å²) < 4.78 is 1.82. The Bertz CT molecular complexity index is 654. The van der Waals surface area contributed by atoms with Gasteiger partial charge in [0.15, 0.2) is 0 Å². The number of hydrogen-bond donors (Lipinski definition) is 3. The molecule has 0 bridgehead atoms. The molecule has 2 rings (SSSR count). The maximum atomic E-state index is 10.8. The van der Waals surface area contributed by atoms with E-state index in [0.29, 0.717) is 10.3 Å². The predicted molar refractivity (Wildman–Crippen MR) is 77.0 cm³/mol. The third-order valence-corrected chi connectivity index (χ3v) is 3.11. The summed E-state index contributed by atoms with van der Waals surface area (Å²) in [6.45, 7) is 3.92. The Balaban J connectivity index is 2.45. The van der Waals surface area contributed by atoms with Gasteiger partial charge in [-0.3, -0.25) is 0 Å². The number of carboxylic acids is 1. The molecule has 0 aromatic carbocycles. The molecular weight excluding hydrogens is 328 g/mol. The lowest BCUT2D eigenvalue weighted by Gasteiger charge is -2.13. The number of nitrogen functional groups attached to an aromatic ring is 1. The minimum absolute atomic E-state index is 0.0495. The molecule has 0 aliphatic rings. The molecule has 2 heterocycles. The van der Waals surface area contributed by atoms with Gasteiger partial charge in [0.05, 0.1) is 11.8 Å². The first-order chi connectivity index (χ1) is 9.38. The van der Waals surface area contributed by atoms with Crippen LogP contribution in [0.1, 0.15) is 24.2 Å². The van der Waals surface area contributed by atoms with Crippen molar-refractivity contribution in [1.82, 2.24) is 19.7 Å². The quantitative estimate of drug-likeness (QED) is 0.771. The van der Waals surface area contributed by atoms with Gasteiger partial charge < -0.3 is 16.2 Å². The van der Waals surface area contributed by atoms with E-state index in [1.54, 1.807) is 0 Å². The predicted octanol–water partition coefficient (Wildman–Crippen LogP) is 1.53. The van der Waals surface area contributed by atoms with Crippen molar-refractivity contribution >= 4 is 33.5 Å². The second-order valence-corrected chi connectivity index (χ2v) is 5.14. The number of anilines is 2. The Morgan fingerprint density at radius 3 is 2.75 bits per heavy atom. The molecule has 106 valence electrons. The maximum absolute atomic E-state index is 10.8. The van der Waals surface area contributed by atoms with Gasteiger partial charge >= 0.3 is 5.97 Å². The number of hydrogen-bond acceptors (Lipinski definition) is 6. The van der Waals surface area contributed by atoms with Crippen LogP contribution in [0.25, 0.3) is 5.95 Å². The molecule has 9 heteroatoms. The van der Waals surface area contributed by atoms with Crippen molar-refractivity contribution in [1.29, 1.82) is 0 Å². The summed E-state index contributed by atoms with van der Waals surface area (Å²) in [4.78, 5) is 19.2. The highest BCUT2D eigenvalue weighted by Crippen LogP contribution is 2.26. The Kier molecular flexibility index (Phi) is 3.89. The lowest BCUT2D eigenvalue weighted by atomic mass is 10.4. The van der Waals surface area contributed by atoms with Crippen molar-refractivity contribution in [2.24, 2.45) is 0 Å². The first-order valence-corrected chi connectivity index (χ1v) is 6.55. The molecule has 0 unspecified atom stereocenters. The van der Waals surface area contributed by atoms with E-state index in [1.165, 1.54) is 17.1 Å². The fourth-order valence-electron chi connectivity index (χ4n) is 1.47. The van der Waals surface area contributed by atoms with Crippen LogP contribution >= 0.6 is 15.9 Å². The molecule has 4 N–H and O–H groups in total. The zero-order chi connectivity index (χ0) is 14.9. The molecule has 0 aliphatic heterocycles. The SMILES string of the molecule is CC(C)Nc1nc(-n2cc(C(=O)O)cn2)nc(N)c1Br. The van der Waals surface area contributed by atoms with Crippen LogP contribution in [0.2, 0.25) is 0 Å². The average molecular weight is 341 g/mol. The van der Waals surface area contributed by atoms with Crippen molar-refractivity contribution < 1.29 is 9.90 Å². The summed E-state index contributed by atoms with van der Waals surface area (Å²) in [5.41, 5.74) is 5.86. The van der Waals surface area contributed by atoms with Gasteiger partial charge in [0.25, 0.3) is 5.95 Å². The van der Waals surface area contributed by atoms with E-state index in [9.17, 15) is 4.79 Å². The second kappa shape index (κ2) is 5.45. The van der Waals surface area contributed by atoms with Gasteiger partial charge in [-0.25, -0.2) is 9.48 Å². The molecule has 20 heavy (non-hydrogen) atoms. The third kappa shape index (κ3) is 2.87. The van der Waals surface area contributed by atoms with Gasteiger partial charge in [-0.1, -0.05) is 0 Å². The minimum atomic E-state index is -1.07. The van der Waals surface area contributed by atoms with Crippen molar-refractivity contribution in [2.45, 2.75) is 19.9 Å². The lowest BCUT2D eigenvalue weighted by Crippen LogP contribution is -2.15. The summed E-state index contributed by atoms with van der Waals surface area (Å²) in [6, 6.07) is 0.153. The highest BCUT2D eigenvalue weighted by Gasteiger charge is 2.14. The summed E-state index contributed by atoms with van der Waals surface area (Å²) in [6.07, 6.45) is 2.55. The number of nitrogens with one attached hydrogen (secondary N) is 1. The van der Waals surface area contributed by atoms with E-state index in [0.717, 1.165) is 0 Å². The maximum Gasteiger partial charge on any atom is 0.338 e. The van der Waals surface area contributed by atoms with Crippen LogP contribution in [0, 0.1) is 0 Å². The summed E-state index contributed by atoms with van der Waals surface area (Å²) in [5.74, 6) is -0.108. The Labute approximate surface area is 123 Å². The van der Waals surface area contributed by atoms with E-state index >= 15 is 0 Å². The Morgan fingerprint density at radius 1 is 1.50 bits per heavy atom. The third-order valence-electron chi connectivity index (χ3n) is 2.32. The van der Waals surface area contributed by atoms with Gasteiger partial charge in [0.1, 0.15) is 16.1 Å². The molecular formula is C11H13BrN6O2. The number of carbonyl (C=O) groups is 1. The molecule has 0 fully saturated rings. The molecule has 0 saturated carbocycles. The zero-order valence-corrected chi connectivity index (χ0v) is 12.4. The van der Waals surface area contributed by atoms with Crippen molar-refractivity contribution in [3.05, 3.63) is 22.4 Å². The zero-order valence-electron chi connectivity index (χ0n) is 10.8. The van der Waals surface area contributed by atoms with Crippen LogP contribution in [0.3, 0.4) is 0 Å². The molecule has 8 nitrogen and oxygen atoms in total. The number of halogens is 1. The fraction of sp³-hybridized carbons (Fsp3) is 0.273. The first-order valence-electron chi connectivity index (χ1n) is 5.76. The van der Waals surface area contributed by atoms with Gasteiger partial charge in [-0.2, -0.15) is 15.1 Å². The van der Waals surface area contributed by atoms with Crippen molar-refractivity contribution in [3.63, 3.8) is 0 Å². The highest BCUT2D eigenvalue weighted by atomic mass is 79.9. The second-order valence-electron chi connectivity index (χ2n) is 4.35. The molecule has 0 aliphatic carbocycles. The van der Waals surface area contributed by atoms with Crippen LogP contribution < -0.4 is 11.1 Å². The largest absolute Gasteiger partial charge is 0.478 e. The van der Waals surface area contributed by atoms with E-state index in [1.807, 2.05) is 13.8 Å². The average Bonchev–Trinajstić information content (AvgIpc) is 2.83. The molecule has 0 saturated heterocycles. The summed E-state index contributed by atoms with van der Waals surface area (Å²) in [7, 11) is 0. The molecule has 0 spiro atoms. The van der Waals surface area contributed by atoms with Crippen LogP contribution in [0.4, 0.5) is 11.6 Å². The molecule has 0 atom stereocenters. The number of nitrogens with zero attached hydrogens (tertiary/aromatic N) is 4. The molecule has 2 aromatic rings. The smallest absolute Gasteiger partial charge is 0.338 e. The van der Waals surface area contributed by atoms with Crippen LogP contribution in [0.5, 0.6) is 0 Å². The van der Waals surface area contributed by atoms with Crippen molar-refractivity contribution in [3.8, 4) is 5.95 Å². The number of carboxylic acid groups (broad SMARTS) is 1. The van der Waals surface area contributed by atoms with Gasteiger partial charge in [-0.15, -0.1) is 0 Å². The topological polar surface area (TPSA) is 119 Å². The van der Waals surface area contributed by atoms with Crippen molar-refractivity contribution in [2.75, 3.05) is 11.1 Å². The van der Waals surface area contributed by atoms with Crippen LogP contribution in [-0.4, -0.2) is 36.9 Å². The van der Waals surface area contributed by atoms with E-state index in [2.05, 4.69) is 36.3 Å². The fourth-order valence-corrected chi connectivity index (χ4v) is 1.76. The van der Waals surface area contributed by atoms with E-state index in [-0.39, 0.29) is 23.4 Å². The Morgan fingerprint density at radius 2 is 2.20 bits per heavy atom. The van der Waals surface area contributed by atoms with E-state index in [4.69, 9.17) is 10.8 Å². The van der Waals surface area contributed by atoms with Crippen LogP contribution in [-0.2, 0) is 0 Å². The van der Waals surface area contributed by atoms with E-state index < -0.39 is 5.97 Å². The number of nitrogens with two attached hydrogens (primary N) is 1. The number of rotatable bonds is 4. The minimum Gasteiger partial charge on any atom is -0.478 e. The lowest BCUT2D eigenvalue weighted by molar-refractivity contribution is 0.0697. The standard InChI is InChI=1S/C11H13BrN6O2/c1-5(2)15-9-7(12)8(13)16-11(17-9)18-4-6(3-14-18)10(19)20/h3-5H,1-2H3,(H,19,20)(H3,13,15,16,17). The summed E-state index contributed by atoms with van der Waals surface area (Å²) >= 11 is 3.31. The summed E-state index contributed by atoms with van der Waals surface area (Å²) in [5, 5.41) is 15.9. The van der Waals surface area contributed by atoms with Crippen LogP contribution in [0.15, 0.2) is 16.9 Å². The van der Waals surface area contributed by atoms with Gasteiger partial charge in [-0.05, 0) is 29.8 Å². The number of aromatic carboxylic acids is 1. The molecule has 2 aromatic heterocycles. The van der Waals surface area contributed by atoms with Gasteiger partial charge in [0, 0.05) is 12.2 Å². The highest BCUT2D eigenvalue weighted by molar-refractivity contribution is 9.10. The normalized spacial score (nSPS) is 10.8. The monoisotopic (exact) mass is 340 g/mol.